The number of primary amides is 1. The number of carbonyl (C=O) groups is 5. The molecule has 11 nitrogen and oxygen atoms in total. The van der Waals surface area contributed by atoms with Crippen LogP contribution in [0.1, 0.15) is 111 Å². The molecule has 45 heavy (non-hydrogen) atoms. The zero-order valence-corrected chi connectivity index (χ0v) is 28.1. The third kappa shape index (κ3) is 16.1. The van der Waals surface area contributed by atoms with E-state index in [1.807, 2.05) is 6.92 Å². The average molecular weight is 635 g/mol. The van der Waals surface area contributed by atoms with Crippen molar-refractivity contribution in [1.29, 1.82) is 0 Å². The highest BCUT2D eigenvalue weighted by Gasteiger charge is 2.39. The Morgan fingerprint density at radius 1 is 0.956 bits per heavy atom. The average Bonchev–Trinajstić information content (AvgIpc) is 2.97. The maximum atomic E-state index is 13.3. The van der Waals surface area contributed by atoms with Crippen LogP contribution >= 0.6 is 0 Å². The van der Waals surface area contributed by atoms with Crippen LogP contribution in [0.4, 0.5) is 0 Å². The number of aliphatic hydroxyl groups is 1. The van der Waals surface area contributed by atoms with Gasteiger partial charge in [-0.15, -0.1) is 0 Å². The second-order valence-corrected chi connectivity index (χ2v) is 13.0. The summed E-state index contributed by atoms with van der Waals surface area (Å²) in [6.45, 7) is 11.3. The van der Waals surface area contributed by atoms with Gasteiger partial charge >= 0.3 is 5.97 Å². The van der Waals surface area contributed by atoms with Crippen molar-refractivity contribution < 1.29 is 33.8 Å². The number of aliphatic hydroxyl groups excluding tert-OH is 1. The normalized spacial score (nSPS) is 22.6. The van der Waals surface area contributed by atoms with E-state index in [0.717, 1.165) is 36.2 Å². The van der Waals surface area contributed by atoms with E-state index in [0.29, 0.717) is 6.42 Å². The van der Waals surface area contributed by atoms with Crippen molar-refractivity contribution in [1.82, 2.24) is 15.5 Å². The van der Waals surface area contributed by atoms with Crippen LogP contribution in [0.2, 0.25) is 0 Å². The van der Waals surface area contributed by atoms with E-state index in [2.05, 4.69) is 31.1 Å². The number of likely N-dealkylation sites (N-methyl/N-ethyl adjacent to an activating group) is 1. The summed E-state index contributed by atoms with van der Waals surface area (Å²) in [5.74, 6) is -4.55. The molecule has 1 heterocycles. The molecule has 0 bridgehead atoms. The summed E-state index contributed by atoms with van der Waals surface area (Å²) in [5.41, 5.74) is 5.39. The lowest BCUT2D eigenvalue weighted by Gasteiger charge is -2.31. The third-order valence-electron chi connectivity index (χ3n) is 8.31. The highest BCUT2D eigenvalue weighted by molar-refractivity contribution is 5.95. The summed E-state index contributed by atoms with van der Waals surface area (Å²) >= 11 is 0. The van der Waals surface area contributed by atoms with E-state index in [1.165, 1.54) is 70.9 Å². The van der Waals surface area contributed by atoms with E-state index in [1.54, 1.807) is 6.92 Å². The molecule has 0 saturated carbocycles. The van der Waals surface area contributed by atoms with Gasteiger partial charge in [-0.05, 0) is 24.3 Å². The number of nitrogens with one attached hydrogen (secondary N) is 2. The number of hydrogen-bond donors (Lipinski definition) is 4. The number of cyclic esters (lactones) is 1. The molecule has 0 aromatic heterocycles. The topological polar surface area (TPSA) is 168 Å². The Hall–Kier alpha value is -3.21. The summed E-state index contributed by atoms with van der Waals surface area (Å²) in [6.07, 6.45) is 14.6. The maximum absolute atomic E-state index is 13.3. The molecule has 0 radical (unpaired) electrons. The van der Waals surface area contributed by atoms with Crippen molar-refractivity contribution in [2.75, 3.05) is 13.6 Å². The van der Waals surface area contributed by atoms with Crippen molar-refractivity contribution in [3.05, 3.63) is 24.4 Å². The van der Waals surface area contributed by atoms with Crippen LogP contribution in [0.3, 0.4) is 0 Å². The molecule has 1 aliphatic heterocycles. The Morgan fingerprint density at radius 2 is 1.47 bits per heavy atom. The molecule has 0 fully saturated rings. The van der Waals surface area contributed by atoms with Gasteiger partial charge in [-0.1, -0.05) is 111 Å². The second kappa shape index (κ2) is 21.5. The van der Waals surface area contributed by atoms with Gasteiger partial charge in [0, 0.05) is 18.8 Å². The minimum atomic E-state index is -2.08. The minimum absolute atomic E-state index is 0.152. The van der Waals surface area contributed by atoms with Crippen LogP contribution in [-0.2, 0) is 28.7 Å². The Bertz CT molecular complexity index is 1010. The summed E-state index contributed by atoms with van der Waals surface area (Å²) in [5, 5.41) is 15.2. The minimum Gasteiger partial charge on any atom is -0.460 e. The molecule has 0 spiro atoms. The molecule has 256 valence electrons. The standard InChI is InChI=1S/C34H58N4O7/c1-23(2)18-16-14-12-10-8-7-9-11-13-15-17-19-24(3)31-26(5)33(43)36-25(4)20-21-28(40)38(6)22-27(39)37-29(34(44)45-31)30(41)32(35)42/h20-21,23-24,26,29-31,41H,4,7-19,22H2,1-3,5-6H3,(H2,35,42)(H,36,43)(H,37,39)/b21-20+/t24-,26+,29-,30-,31+/m1/s1. The van der Waals surface area contributed by atoms with Gasteiger partial charge in [0.2, 0.25) is 23.6 Å². The smallest absolute Gasteiger partial charge is 0.332 e. The third-order valence-corrected chi connectivity index (χ3v) is 8.31. The van der Waals surface area contributed by atoms with Crippen LogP contribution in [0, 0.1) is 17.8 Å². The second-order valence-electron chi connectivity index (χ2n) is 13.0. The maximum Gasteiger partial charge on any atom is 0.332 e. The fraction of sp³-hybridized carbons (Fsp3) is 0.735. The highest BCUT2D eigenvalue weighted by atomic mass is 16.5. The number of allylic oxidation sites excluding steroid dienone is 1. The lowest BCUT2D eigenvalue weighted by atomic mass is 9.88. The number of rotatable bonds is 17. The number of amides is 4. The molecule has 0 aliphatic carbocycles. The van der Waals surface area contributed by atoms with Gasteiger partial charge in [0.05, 0.1) is 12.5 Å². The predicted octanol–water partition coefficient (Wildman–Crippen LogP) is 3.89. The summed E-state index contributed by atoms with van der Waals surface area (Å²) in [7, 11) is 1.35. The number of ether oxygens (including phenoxy) is 1. The fourth-order valence-electron chi connectivity index (χ4n) is 5.40. The van der Waals surface area contributed by atoms with Crippen molar-refractivity contribution in [2.45, 2.75) is 129 Å². The molecule has 4 amide bonds. The van der Waals surface area contributed by atoms with Crippen molar-refractivity contribution in [3.8, 4) is 0 Å². The molecule has 1 rings (SSSR count). The van der Waals surface area contributed by atoms with Crippen LogP contribution in [-0.4, -0.2) is 71.4 Å². The first-order valence-electron chi connectivity index (χ1n) is 16.6. The Labute approximate surface area is 269 Å². The van der Waals surface area contributed by atoms with Crippen LogP contribution in [0.15, 0.2) is 24.4 Å². The van der Waals surface area contributed by atoms with Crippen molar-refractivity contribution in [3.63, 3.8) is 0 Å². The number of hydrogen-bond acceptors (Lipinski definition) is 7. The first-order chi connectivity index (χ1) is 21.2. The zero-order valence-electron chi connectivity index (χ0n) is 28.1. The Balaban J connectivity index is 2.81. The van der Waals surface area contributed by atoms with Crippen LogP contribution in [0.5, 0.6) is 0 Å². The van der Waals surface area contributed by atoms with E-state index in [-0.39, 0.29) is 11.6 Å². The molecular weight excluding hydrogens is 576 g/mol. The van der Waals surface area contributed by atoms with Crippen LogP contribution in [0.25, 0.3) is 0 Å². The number of nitrogens with zero attached hydrogens (tertiary/aromatic N) is 1. The van der Waals surface area contributed by atoms with Gasteiger partial charge in [-0.3, -0.25) is 19.2 Å². The predicted molar refractivity (Wildman–Crippen MR) is 174 cm³/mol. The van der Waals surface area contributed by atoms with Gasteiger partial charge in [-0.2, -0.15) is 0 Å². The molecule has 0 aromatic carbocycles. The number of carbonyl (C=O) groups excluding carboxylic acids is 5. The molecular formula is C34H58N4O7. The lowest BCUT2D eigenvalue weighted by Crippen LogP contribution is -2.57. The molecule has 11 heteroatoms. The summed E-state index contributed by atoms with van der Waals surface area (Å²) < 4.78 is 5.75. The molecule has 0 unspecified atom stereocenters. The SMILES string of the molecule is C=C1/C=C/C(=O)N(C)CC(=O)N[C@H]([C@@H](O)C(N)=O)C(=O)O[C@@H]([C@H](C)CCCCCCCCCCCCCC(C)C)[C@H](C)C(=O)N1. The van der Waals surface area contributed by atoms with Gasteiger partial charge in [0.1, 0.15) is 6.10 Å². The van der Waals surface area contributed by atoms with E-state index in [9.17, 15) is 29.1 Å². The van der Waals surface area contributed by atoms with E-state index < -0.39 is 60.3 Å². The molecule has 0 saturated heterocycles. The zero-order chi connectivity index (χ0) is 33.9. The number of nitrogens with two attached hydrogens (primary N) is 1. The molecule has 0 aromatic rings. The molecule has 5 N–H and O–H groups in total. The van der Waals surface area contributed by atoms with E-state index in [4.69, 9.17) is 10.5 Å². The fourth-order valence-corrected chi connectivity index (χ4v) is 5.40. The van der Waals surface area contributed by atoms with Crippen LogP contribution < -0.4 is 16.4 Å². The molecule has 1 aliphatic rings. The van der Waals surface area contributed by atoms with E-state index >= 15 is 0 Å². The van der Waals surface area contributed by atoms with Gasteiger partial charge in [-0.25, -0.2) is 4.79 Å². The van der Waals surface area contributed by atoms with Crippen molar-refractivity contribution >= 4 is 29.6 Å². The quantitative estimate of drug-likeness (QED) is 0.139. The monoisotopic (exact) mass is 634 g/mol. The van der Waals surface area contributed by atoms with Crippen molar-refractivity contribution in [2.24, 2.45) is 23.5 Å². The highest BCUT2D eigenvalue weighted by Crippen LogP contribution is 2.25. The largest absolute Gasteiger partial charge is 0.460 e. The number of unbranched alkanes of at least 4 members (excludes halogenated alkanes) is 10. The van der Waals surface area contributed by atoms with Gasteiger partial charge in [0.25, 0.3) is 0 Å². The Morgan fingerprint density at radius 3 is 1.98 bits per heavy atom. The molecule has 5 atom stereocenters. The number of esters is 1. The van der Waals surface area contributed by atoms with Gasteiger partial charge in [0.15, 0.2) is 12.1 Å². The van der Waals surface area contributed by atoms with Gasteiger partial charge < -0.3 is 31.1 Å². The first-order valence-corrected chi connectivity index (χ1v) is 16.6. The Kier molecular flexibility index (Phi) is 19.0. The first kappa shape index (κ1) is 39.8. The lowest BCUT2D eigenvalue weighted by molar-refractivity contribution is -0.165. The summed E-state index contributed by atoms with van der Waals surface area (Å²) in [6, 6.07) is -1.82. The summed E-state index contributed by atoms with van der Waals surface area (Å²) in [4.78, 5) is 64.2.